The fourth-order valence-corrected chi connectivity index (χ4v) is 4.77. The van der Waals surface area contributed by atoms with Crippen LogP contribution in [-0.4, -0.2) is 82.5 Å². The van der Waals surface area contributed by atoms with Crippen molar-refractivity contribution in [3.63, 3.8) is 0 Å². The van der Waals surface area contributed by atoms with Gasteiger partial charge in [0.2, 0.25) is 17.7 Å². The number of carbonyl (C=O) groups excluding carboxylic acids is 2. The van der Waals surface area contributed by atoms with E-state index >= 15 is 0 Å². The molecule has 4 rings (SSSR count). The number of nitrogens with zero attached hydrogens (tertiary/aromatic N) is 5. The molecule has 1 aromatic heterocycles. The number of piperidine rings is 1. The molecule has 0 bridgehead atoms. The first kappa shape index (κ1) is 25.3. The summed E-state index contributed by atoms with van der Waals surface area (Å²) in [4.78, 5) is 35.6. The largest absolute Gasteiger partial charge is 0.341 e. The number of amides is 2. The maximum absolute atomic E-state index is 13.3. The molecule has 0 radical (unpaired) electrons. The van der Waals surface area contributed by atoms with Crippen LogP contribution in [0.5, 0.6) is 0 Å². The molecule has 188 valence electrons. The molecule has 10 heteroatoms. The molecule has 3 heterocycles. The number of rotatable bonds is 7. The van der Waals surface area contributed by atoms with Crippen molar-refractivity contribution in [1.82, 2.24) is 24.8 Å². The molecule has 2 aliphatic rings. The topological polar surface area (TPSA) is 82.8 Å². The van der Waals surface area contributed by atoms with E-state index < -0.39 is 5.82 Å². The van der Waals surface area contributed by atoms with Crippen molar-refractivity contribution in [2.24, 2.45) is 0 Å². The smallest absolute Gasteiger partial charge is 0.246 e. The quantitative estimate of drug-likeness (QED) is 0.538. The molecule has 2 fully saturated rings. The number of carbonyl (C=O) groups is 2. The van der Waals surface area contributed by atoms with Gasteiger partial charge in [0.05, 0.1) is 5.02 Å². The lowest BCUT2D eigenvalue weighted by atomic mass is 9.96. The summed E-state index contributed by atoms with van der Waals surface area (Å²) in [5.74, 6) is 1.17. The van der Waals surface area contributed by atoms with Gasteiger partial charge in [-0.2, -0.15) is 4.98 Å². The van der Waals surface area contributed by atoms with Gasteiger partial charge in [-0.25, -0.2) is 4.39 Å². The normalized spacial score (nSPS) is 18.4. The molecule has 0 saturated carbocycles. The Kier molecular flexibility index (Phi) is 8.51. The van der Waals surface area contributed by atoms with Crippen molar-refractivity contribution >= 4 is 29.5 Å². The third kappa shape index (κ3) is 6.89. The zero-order valence-electron chi connectivity index (χ0n) is 20.0. The number of likely N-dealkylation sites (tertiary alicyclic amines) is 1. The lowest BCUT2D eigenvalue weighted by Gasteiger charge is -2.31. The highest BCUT2D eigenvalue weighted by Gasteiger charge is 2.26. The van der Waals surface area contributed by atoms with Crippen LogP contribution in [0.1, 0.15) is 48.9 Å². The summed E-state index contributed by atoms with van der Waals surface area (Å²) in [6.07, 6.45) is 6.27. The third-order valence-corrected chi connectivity index (χ3v) is 6.93. The van der Waals surface area contributed by atoms with E-state index in [0.29, 0.717) is 49.9 Å². The first-order valence-electron chi connectivity index (χ1n) is 12.1. The highest BCUT2D eigenvalue weighted by atomic mass is 35.5. The van der Waals surface area contributed by atoms with Gasteiger partial charge in [-0.05, 0) is 69.6 Å². The average Bonchev–Trinajstić information content (AvgIpc) is 3.20. The first-order chi connectivity index (χ1) is 16.9. The molecular weight excluding hydrogens is 473 g/mol. The number of halogens is 2. The van der Waals surface area contributed by atoms with Crippen molar-refractivity contribution in [1.29, 1.82) is 0 Å². The molecule has 0 aliphatic carbocycles. The summed E-state index contributed by atoms with van der Waals surface area (Å²) in [6, 6.07) is 4.31. The molecule has 0 N–H and O–H groups in total. The van der Waals surface area contributed by atoms with Crippen LogP contribution in [-0.2, 0) is 9.59 Å². The maximum Gasteiger partial charge on any atom is 0.246 e. The second-order valence-electron chi connectivity index (χ2n) is 9.11. The van der Waals surface area contributed by atoms with Crippen molar-refractivity contribution in [2.75, 3.05) is 45.8 Å². The van der Waals surface area contributed by atoms with Crippen molar-refractivity contribution in [3.8, 4) is 0 Å². The van der Waals surface area contributed by atoms with Crippen molar-refractivity contribution < 1.29 is 18.5 Å². The molecule has 0 atom stereocenters. The van der Waals surface area contributed by atoms with Gasteiger partial charge in [0.25, 0.3) is 0 Å². The standard InChI is InChI=1S/C25H31ClFN5O3/c1-18-28-25(35-29-18)20-7-12-30(13-8-20)10-2-11-31-15-16-32(14-9-24(31)34)23(33)6-4-19-3-5-22(27)21(26)17-19/h3-6,17,20H,2,7-16H2,1H3. The number of hydrogen-bond donors (Lipinski definition) is 0. The number of hydrogen-bond acceptors (Lipinski definition) is 6. The van der Waals surface area contributed by atoms with E-state index in [2.05, 4.69) is 15.0 Å². The Balaban J connectivity index is 1.19. The summed E-state index contributed by atoms with van der Waals surface area (Å²) in [7, 11) is 0. The van der Waals surface area contributed by atoms with Crippen molar-refractivity contribution in [3.05, 3.63) is 52.4 Å². The first-order valence-corrected chi connectivity index (χ1v) is 12.5. The predicted octanol–water partition coefficient (Wildman–Crippen LogP) is 3.51. The molecule has 2 aliphatic heterocycles. The fraction of sp³-hybridized carbons (Fsp3) is 0.520. The lowest BCUT2D eigenvalue weighted by molar-refractivity contribution is -0.130. The minimum absolute atomic E-state index is 0.0156. The fourth-order valence-electron chi connectivity index (χ4n) is 4.58. The van der Waals surface area contributed by atoms with E-state index in [4.69, 9.17) is 16.1 Å². The number of aromatic nitrogens is 2. The Hall–Kier alpha value is -2.78. The minimum Gasteiger partial charge on any atom is -0.341 e. The molecule has 1 aromatic carbocycles. The predicted molar refractivity (Wildman–Crippen MR) is 130 cm³/mol. The van der Waals surface area contributed by atoms with E-state index in [0.717, 1.165) is 44.8 Å². The Labute approximate surface area is 209 Å². The second kappa shape index (κ2) is 11.8. The SMILES string of the molecule is Cc1noc(C2CCN(CCCN3CCN(C(=O)C=Cc4ccc(F)c(Cl)c4)CCC3=O)CC2)n1. The van der Waals surface area contributed by atoms with Gasteiger partial charge in [-0.1, -0.05) is 22.8 Å². The molecule has 8 nitrogen and oxygen atoms in total. The number of aryl methyl sites for hydroxylation is 1. The summed E-state index contributed by atoms with van der Waals surface area (Å²) in [5, 5.41) is 3.91. The summed E-state index contributed by atoms with van der Waals surface area (Å²) in [5.41, 5.74) is 0.647. The summed E-state index contributed by atoms with van der Waals surface area (Å²) < 4.78 is 18.6. The van der Waals surface area contributed by atoms with Crippen LogP contribution in [0.2, 0.25) is 5.02 Å². The molecular formula is C25H31ClFN5O3. The van der Waals surface area contributed by atoms with Crippen LogP contribution < -0.4 is 0 Å². The van der Waals surface area contributed by atoms with E-state index in [9.17, 15) is 14.0 Å². The maximum atomic E-state index is 13.3. The van der Waals surface area contributed by atoms with Gasteiger partial charge >= 0.3 is 0 Å². The highest BCUT2D eigenvalue weighted by Crippen LogP contribution is 2.26. The van der Waals surface area contributed by atoms with E-state index in [1.54, 1.807) is 17.0 Å². The van der Waals surface area contributed by atoms with Crippen LogP contribution in [0, 0.1) is 12.7 Å². The lowest BCUT2D eigenvalue weighted by Crippen LogP contribution is -2.38. The van der Waals surface area contributed by atoms with Crippen molar-refractivity contribution in [2.45, 2.75) is 38.5 Å². The van der Waals surface area contributed by atoms with Crippen LogP contribution in [0.15, 0.2) is 28.8 Å². The average molecular weight is 504 g/mol. The van der Waals surface area contributed by atoms with Gasteiger partial charge in [-0.15, -0.1) is 0 Å². The molecule has 2 saturated heterocycles. The van der Waals surface area contributed by atoms with Gasteiger partial charge in [-0.3, -0.25) is 9.59 Å². The molecule has 35 heavy (non-hydrogen) atoms. The zero-order chi connectivity index (χ0) is 24.8. The Morgan fingerprint density at radius 2 is 2.00 bits per heavy atom. The highest BCUT2D eigenvalue weighted by molar-refractivity contribution is 6.30. The van der Waals surface area contributed by atoms with Gasteiger partial charge < -0.3 is 19.2 Å². The Bertz CT molecular complexity index is 1070. The van der Waals surface area contributed by atoms with Crippen LogP contribution >= 0.6 is 11.6 Å². The molecule has 0 spiro atoms. The zero-order valence-corrected chi connectivity index (χ0v) is 20.7. The van der Waals surface area contributed by atoms with Gasteiger partial charge in [0, 0.05) is 44.6 Å². The van der Waals surface area contributed by atoms with Crippen LogP contribution in [0.25, 0.3) is 6.08 Å². The summed E-state index contributed by atoms with van der Waals surface area (Å²) in [6.45, 7) is 6.83. The van der Waals surface area contributed by atoms with Gasteiger partial charge in [0.1, 0.15) is 5.82 Å². The monoisotopic (exact) mass is 503 g/mol. The van der Waals surface area contributed by atoms with Crippen LogP contribution in [0.4, 0.5) is 4.39 Å². The summed E-state index contributed by atoms with van der Waals surface area (Å²) >= 11 is 5.80. The van der Waals surface area contributed by atoms with Gasteiger partial charge in [0.15, 0.2) is 5.82 Å². The van der Waals surface area contributed by atoms with E-state index in [1.807, 2.05) is 11.8 Å². The molecule has 2 aromatic rings. The van der Waals surface area contributed by atoms with Crippen LogP contribution in [0.3, 0.4) is 0 Å². The van der Waals surface area contributed by atoms with E-state index in [1.165, 1.54) is 18.2 Å². The Morgan fingerprint density at radius 3 is 2.71 bits per heavy atom. The minimum atomic E-state index is -0.496. The molecule has 2 amide bonds. The third-order valence-electron chi connectivity index (χ3n) is 6.64. The van der Waals surface area contributed by atoms with E-state index in [-0.39, 0.29) is 16.8 Å². The number of benzene rings is 1. The second-order valence-corrected chi connectivity index (χ2v) is 9.52. The molecule has 0 unspecified atom stereocenters. The Morgan fingerprint density at radius 1 is 1.20 bits per heavy atom.